The summed E-state index contributed by atoms with van der Waals surface area (Å²) in [7, 11) is 0. The average Bonchev–Trinajstić information content (AvgIpc) is 3.29. The Hall–Kier alpha value is -2.87. The van der Waals surface area contributed by atoms with Crippen molar-refractivity contribution in [3.8, 4) is 0 Å². The Bertz CT molecular complexity index is 946. The minimum Gasteiger partial charge on any atom is -0.378 e. The maximum absolute atomic E-state index is 12.6. The second kappa shape index (κ2) is 9.30. The number of rotatable bonds is 6. The van der Waals surface area contributed by atoms with Gasteiger partial charge in [-0.3, -0.25) is 14.6 Å². The Morgan fingerprint density at radius 3 is 2.60 bits per heavy atom. The van der Waals surface area contributed by atoms with Crippen LogP contribution in [0.25, 0.3) is 0 Å². The number of carbonyl (C=O) groups is 1. The fraction of sp³-hybridized carbons (Fsp3) is 0.500. The number of aryl methyl sites for hydroxylation is 1. The molecule has 0 aliphatic carbocycles. The molecule has 30 heavy (non-hydrogen) atoms. The molecule has 0 bridgehead atoms. The quantitative estimate of drug-likeness (QED) is 0.757. The molecule has 2 N–H and O–H groups in total. The number of aromatic amines is 1. The van der Waals surface area contributed by atoms with Crippen LogP contribution >= 0.6 is 0 Å². The van der Waals surface area contributed by atoms with E-state index >= 15 is 0 Å². The van der Waals surface area contributed by atoms with Crippen molar-refractivity contribution in [3.63, 3.8) is 0 Å². The molecular weight excluding hydrogens is 382 g/mol. The normalized spacial score (nSPS) is 16.7. The van der Waals surface area contributed by atoms with E-state index in [4.69, 9.17) is 4.74 Å². The first-order chi connectivity index (χ1) is 14.6. The van der Waals surface area contributed by atoms with Crippen LogP contribution in [-0.2, 0) is 16.0 Å². The molecule has 160 valence electrons. The lowest BCUT2D eigenvalue weighted by atomic mass is 10.1. The number of hydrogen-bond donors (Lipinski definition) is 2. The van der Waals surface area contributed by atoms with Gasteiger partial charge in [0.05, 0.1) is 24.6 Å². The van der Waals surface area contributed by atoms with Crippen LogP contribution < -0.4 is 20.7 Å². The molecule has 8 nitrogen and oxygen atoms in total. The van der Waals surface area contributed by atoms with E-state index in [0.717, 1.165) is 24.5 Å². The van der Waals surface area contributed by atoms with Crippen molar-refractivity contribution in [1.29, 1.82) is 0 Å². The Morgan fingerprint density at radius 2 is 1.87 bits per heavy atom. The lowest BCUT2D eigenvalue weighted by Crippen LogP contribution is -2.38. The zero-order valence-corrected chi connectivity index (χ0v) is 17.4. The van der Waals surface area contributed by atoms with Crippen molar-refractivity contribution in [3.05, 3.63) is 45.9 Å². The van der Waals surface area contributed by atoms with Gasteiger partial charge in [0.25, 0.3) is 5.56 Å². The van der Waals surface area contributed by atoms with Crippen LogP contribution in [0.5, 0.6) is 0 Å². The molecule has 2 aliphatic rings. The van der Waals surface area contributed by atoms with E-state index in [1.807, 2.05) is 36.1 Å². The molecule has 2 aromatic rings. The van der Waals surface area contributed by atoms with Gasteiger partial charge in [0.1, 0.15) is 0 Å². The zero-order valence-electron chi connectivity index (χ0n) is 17.4. The highest BCUT2D eigenvalue weighted by molar-refractivity contribution is 5.94. The third-order valence-electron chi connectivity index (χ3n) is 5.75. The molecule has 3 heterocycles. The minimum absolute atomic E-state index is 0.0993. The van der Waals surface area contributed by atoms with Crippen LogP contribution in [0, 0.1) is 6.92 Å². The number of morpholine rings is 1. The first kappa shape index (κ1) is 20.4. The number of benzene rings is 1. The van der Waals surface area contributed by atoms with Gasteiger partial charge >= 0.3 is 0 Å². The van der Waals surface area contributed by atoms with Crippen LogP contribution in [-0.4, -0.2) is 55.3 Å². The number of ether oxygens (including phenoxy) is 1. The lowest BCUT2D eigenvalue weighted by molar-refractivity contribution is -0.116. The molecular formula is C22H29N5O3. The molecule has 0 radical (unpaired) electrons. The van der Waals surface area contributed by atoms with Crippen molar-refractivity contribution in [2.24, 2.45) is 0 Å². The van der Waals surface area contributed by atoms with E-state index < -0.39 is 0 Å². The van der Waals surface area contributed by atoms with Gasteiger partial charge in [-0.2, -0.15) is 0 Å². The van der Waals surface area contributed by atoms with Gasteiger partial charge in [-0.05, 0) is 38.3 Å². The number of H-pyrrole nitrogens is 1. The summed E-state index contributed by atoms with van der Waals surface area (Å²) in [6.07, 6.45) is 2.95. The molecule has 1 aromatic heterocycles. The summed E-state index contributed by atoms with van der Waals surface area (Å²) in [5, 5.41) is 3.02. The standard InChI is InChI=1S/C22H29N5O3/c1-16-17(21(29)25-22(23-16)27-12-14-30-15-13-27)8-9-20(28)24-18-6-2-3-7-19(18)26-10-4-5-11-26/h2-3,6-7H,4-5,8-15H2,1H3,(H,24,28)(H,23,25,29). The summed E-state index contributed by atoms with van der Waals surface area (Å²) in [5.41, 5.74) is 2.96. The van der Waals surface area contributed by atoms with Gasteiger partial charge in [0.15, 0.2) is 0 Å². The molecule has 0 saturated carbocycles. The molecule has 8 heteroatoms. The predicted octanol–water partition coefficient (Wildman–Crippen LogP) is 2.09. The first-order valence-corrected chi connectivity index (χ1v) is 10.7. The maximum atomic E-state index is 12.6. The summed E-state index contributed by atoms with van der Waals surface area (Å²) in [5.74, 6) is 0.478. The molecule has 2 fully saturated rings. The first-order valence-electron chi connectivity index (χ1n) is 10.7. The Labute approximate surface area is 176 Å². The van der Waals surface area contributed by atoms with E-state index in [1.54, 1.807) is 0 Å². The largest absolute Gasteiger partial charge is 0.378 e. The molecule has 1 amide bonds. The predicted molar refractivity (Wildman–Crippen MR) is 117 cm³/mol. The van der Waals surface area contributed by atoms with E-state index in [0.29, 0.717) is 49.9 Å². The van der Waals surface area contributed by atoms with Crippen LogP contribution in [0.2, 0.25) is 0 Å². The number of para-hydroxylation sites is 2. The van der Waals surface area contributed by atoms with Crippen molar-refractivity contribution in [1.82, 2.24) is 9.97 Å². The summed E-state index contributed by atoms with van der Waals surface area (Å²) in [6.45, 7) is 6.54. The summed E-state index contributed by atoms with van der Waals surface area (Å²) in [4.78, 5) is 37.0. The fourth-order valence-corrected chi connectivity index (χ4v) is 4.08. The van der Waals surface area contributed by atoms with Gasteiger partial charge in [0, 0.05) is 43.9 Å². The minimum atomic E-state index is -0.172. The number of carbonyl (C=O) groups excluding carboxylic acids is 1. The second-order valence-electron chi connectivity index (χ2n) is 7.81. The average molecular weight is 412 g/mol. The Morgan fingerprint density at radius 1 is 1.13 bits per heavy atom. The number of hydrogen-bond acceptors (Lipinski definition) is 6. The van der Waals surface area contributed by atoms with Crippen molar-refractivity contribution >= 4 is 23.2 Å². The number of amides is 1. The van der Waals surface area contributed by atoms with Crippen molar-refractivity contribution in [2.45, 2.75) is 32.6 Å². The number of aromatic nitrogens is 2. The highest BCUT2D eigenvalue weighted by atomic mass is 16.5. The van der Waals surface area contributed by atoms with Crippen molar-refractivity contribution < 1.29 is 9.53 Å². The highest BCUT2D eigenvalue weighted by Gasteiger charge is 2.18. The van der Waals surface area contributed by atoms with E-state index in [9.17, 15) is 9.59 Å². The summed E-state index contributed by atoms with van der Waals surface area (Å²) >= 11 is 0. The number of anilines is 3. The zero-order chi connectivity index (χ0) is 20.9. The summed E-state index contributed by atoms with van der Waals surface area (Å²) in [6, 6.07) is 7.90. The van der Waals surface area contributed by atoms with E-state index in [-0.39, 0.29) is 17.9 Å². The van der Waals surface area contributed by atoms with Crippen LogP contribution in [0.1, 0.15) is 30.5 Å². The van der Waals surface area contributed by atoms with Gasteiger partial charge in [-0.25, -0.2) is 4.98 Å². The molecule has 0 spiro atoms. The van der Waals surface area contributed by atoms with Gasteiger partial charge in [-0.15, -0.1) is 0 Å². The highest BCUT2D eigenvalue weighted by Crippen LogP contribution is 2.28. The SMILES string of the molecule is Cc1nc(N2CCOCC2)[nH]c(=O)c1CCC(=O)Nc1ccccc1N1CCCC1. The molecule has 0 atom stereocenters. The molecule has 2 aliphatic heterocycles. The molecule has 2 saturated heterocycles. The van der Waals surface area contributed by atoms with Crippen molar-refractivity contribution in [2.75, 3.05) is 54.5 Å². The third kappa shape index (κ3) is 4.64. The Kier molecular flexibility index (Phi) is 6.32. The molecule has 1 aromatic carbocycles. The van der Waals surface area contributed by atoms with Gasteiger partial charge in [0.2, 0.25) is 11.9 Å². The van der Waals surface area contributed by atoms with Crippen LogP contribution in [0.15, 0.2) is 29.1 Å². The monoisotopic (exact) mass is 411 g/mol. The maximum Gasteiger partial charge on any atom is 0.255 e. The Balaban J connectivity index is 1.40. The third-order valence-corrected chi connectivity index (χ3v) is 5.75. The number of nitrogens with zero attached hydrogens (tertiary/aromatic N) is 3. The van der Waals surface area contributed by atoms with Crippen LogP contribution in [0.3, 0.4) is 0 Å². The second-order valence-corrected chi connectivity index (χ2v) is 7.81. The topological polar surface area (TPSA) is 90.6 Å². The fourth-order valence-electron chi connectivity index (χ4n) is 4.08. The van der Waals surface area contributed by atoms with E-state index in [1.165, 1.54) is 12.8 Å². The molecule has 4 rings (SSSR count). The lowest BCUT2D eigenvalue weighted by Gasteiger charge is -2.27. The van der Waals surface area contributed by atoms with E-state index in [2.05, 4.69) is 20.2 Å². The number of nitrogens with one attached hydrogen (secondary N) is 2. The summed E-state index contributed by atoms with van der Waals surface area (Å²) < 4.78 is 5.35. The molecule has 0 unspecified atom stereocenters. The smallest absolute Gasteiger partial charge is 0.255 e. The van der Waals surface area contributed by atoms with Gasteiger partial charge in [-0.1, -0.05) is 12.1 Å². The van der Waals surface area contributed by atoms with Crippen LogP contribution in [0.4, 0.5) is 17.3 Å². The van der Waals surface area contributed by atoms with Gasteiger partial charge < -0.3 is 19.9 Å².